The van der Waals surface area contributed by atoms with Crippen LogP contribution < -0.4 is 0 Å². The number of carbonyl (C=O) groups excluding carboxylic acids is 1. The minimum Gasteiger partial charge on any atom is -0.450 e. The molecule has 1 heterocycles. The van der Waals surface area contributed by atoms with Crippen LogP contribution in [-0.2, 0) is 4.74 Å². The van der Waals surface area contributed by atoms with Gasteiger partial charge >= 0.3 is 6.09 Å². The summed E-state index contributed by atoms with van der Waals surface area (Å²) in [7, 11) is 0. The van der Waals surface area contributed by atoms with Crippen LogP contribution in [0.4, 0.5) is 4.79 Å². The van der Waals surface area contributed by atoms with Gasteiger partial charge in [-0.25, -0.2) is 4.79 Å². The van der Waals surface area contributed by atoms with Gasteiger partial charge in [0, 0.05) is 32.2 Å². The van der Waals surface area contributed by atoms with Crippen LogP contribution in [0.15, 0.2) is 0 Å². The van der Waals surface area contributed by atoms with E-state index in [0.29, 0.717) is 6.61 Å². The van der Waals surface area contributed by atoms with E-state index in [-0.39, 0.29) is 6.09 Å². The van der Waals surface area contributed by atoms with E-state index in [9.17, 15) is 4.79 Å². The first-order chi connectivity index (χ1) is 8.70. The highest BCUT2D eigenvalue weighted by Gasteiger charge is 2.28. The molecular weight excluding hydrogens is 228 g/mol. The molecule has 0 unspecified atom stereocenters. The van der Waals surface area contributed by atoms with Crippen LogP contribution in [0.1, 0.15) is 39.5 Å². The second kappa shape index (κ2) is 6.41. The van der Waals surface area contributed by atoms with E-state index in [1.807, 2.05) is 11.8 Å². The van der Waals surface area contributed by atoms with E-state index in [4.69, 9.17) is 4.74 Å². The molecule has 1 saturated carbocycles. The topological polar surface area (TPSA) is 32.8 Å². The predicted octanol–water partition coefficient (Wildman–Crippen LogP) is 2.34. The molecule has 4 heteroatoms. The van der Waals surface area contributed by atoms with Gasteiger partial charge < -0.3 is 9.64 Å². The van der Waals surface area contributed by atoms with E-state index < -0.39 is 0 Å². The lowest BCUT2D eigenvalue weighted by Crippen LogP contribution is -2.52. The zero-order valence-corrected chi connectivity index (χ0v) is 11.7. The third kappa shape index (κ3) is 3.37. The van der Waals surface area contributed by atoms with Gasteiger partial charge in [0.1, 0.15) is 0 Å². The maximum Gasteiger partial charge on any atom is 0.409 e. The van der Waals surface area contributed by atoms with Crippen molar-refractivity contribution in [3.8, 4) is 0 Å². The maximum atomic E-state index is 11.6. The SMILES string of the molecule is CCOC(=O)N1CCN(C2CCC(C)CC2)CC1. The predicted molar refractivity (Wildman–Crippen MR) is 71.6 cm³/mol. The largest absolute Gasteiger partial charge is 0.450 e. The molecule has 0 spiro atoms. The highest BCUT2D eigenvalue weighted by molar-refractivity contribution is 5.67. The molecule has 1 amide bonds. The van der Waals surface area contributed by atoms with Gasteiger partial charge in [0.25, 0.3) is 0 Å². The van der Waals surface area contributed by atoms with Crippen molar-refractivity contribution in [3.05, 3.63) is 0 Å². The van der Waals surface area contributed by atoms with E-state index >= 15 is 0 Å². The molecule has 1 saturated heterocycles. The van der Waals surface area contributed by atoms with Gasteiger partial charge in [-0.2, -0.15) is 0 Å². The van der Waals surface area contributed by atoms with Gasteiger partial charge in [-0.15, -0.1) is 0 Å². The van der Waals surface area contributed by atoms with Crippen molar-refractivity contribution >= 4 is 6.09 Å². The number of ether oxygens (including phenoxy) is 1. The van der Waals surface area contributed by atoms with Crippen LogP contribution in [0.2, 0.25) is 0 Å². The van der Waals surface area contributed by atoms with Crippen LogP contribution in [0.5, 0.6) is 0 Å². The van der Waals surface area contributed by atoms with Crippen LogP contribution in [0.25, 0.3) is 0 Å². The molecule has 2 fully saturated rings. The summed E-state index contributed by atoms with van der Waals surface area (Å²) in [5, 5.41) is 0. The molecule has 0 aromatic carbocycles. The maximum absolute atomic E-state index is 11.6. The lowest BCUT2D eigenvalue weighted by atomic mass is 9.86. The molecule has 2 aliphatic rings. The van der Waals surface area contributed by atoms with Crippen molar-refractivity contribution in [3.63, 3.8) is 0 Å². The number of amides is 1. The Bertz CT molecular complexity index is 267. The van der Waals surface area contributed by atoms with Crippen molar-refractivity contribution in [1.29, 1.82) is 0 Å². The van der Waals surface area contributed by atoms with Crippen LogP contribution in [-0.4, -0.2) is 54.7 Å². The number of piperazine rings is 1. The first kappa shape index (κ1) is 13.7. The van der Waals surface area contributed by atoms with Gasteiger partial charge in [-0.1, -0.05) is 6.92 Å². The van der Waals surface area contributed by atoms with Gasteiger partial charge in [0.05, 0.1) is 6.61 Å². The lowest BCUT2D eigenvalue weighted by Gasteiger charge is -2.41. The molecule has 0 aromatic rings. The zero-order valence-electron chi connectivity index (χ0n) is 11.7. The van der Waals surface area contributed by atoms with Crippen LogP contribution >= 0.6 is 0 Å². The third-order valence-corrected chi connectivity index (χ3v) is 4.34. The highest BCUT2D eigenvalue weighted by atomic mass is 16.6. The standard InChI is InChI=1S/C14H26N2O2/c1-3-18-14(17)16-10-8-15(9-11-16)13-6-4-12(2)5-7-13/h12-13H,3-11H2,1-2H3. The Kier molecular flexibility index (Phi) is 4.87. The Morgan fingerprint density at radius 3 is 2.28 bits per heavy atom. The molecular formula is C14H26N2O2. The zero-order chi connectivity index (χ0) is 13.0. The van der Waals surface area contributed by atoms with Crippen LogP contribution in [0.3, 0.4) is 0 Å². The summed E-state index contributed by atoms with van der Waals surface area (Å²) in [6.07, 6.45) is 5.25. The second-order valence-electron chi connectivity index (χ2n) is 5.64. The number of carbonyl (C=O) groups is 1. The average molecular weight is 254 g/mol. The number of nitrogens with zero attached hydrogens (tertiary/aromatic N) is 2. The van der Waals surface area contributed by atoms with Gasteiger partial charge in [0.2, 0.25) is 0 Å². The number of hydrogen-bond acceptors (Lipinski definition) is 3. The second-order valence-corrected chi connectivity index (χ2v) is 5.64. The Morgan fingerprint density at radius 2 is 1.72 bits per heavy atom. The normalized spacial score (nSPS) is 30.2. The number of hydrogen-bond donors (Lipinski definition) is 0. The van der Waals surface area contributed by atoms with E-state index in [2.05, 4.69) is 11.8 Å². The summed E-state index contributed by atoms with van der Waals surface area (Å²) >= 11 is 0. The lowest BCUT2D eigenvalue weighted by molar-refractivity contribution is 0.0546. The minimum atomic E-state index is -0.144. The van der Waals surface area contributed by atoms with Gasteiger partial charge in [-0.3, -0.25) is 4.90 Å². The van der Waals surface area contributed by atoms with Gasteiger partial charge in [0.15, 0.2) is 0 Å². The van der Waals surface area contributed by atoms with E-state index in [1.54, 1.807) is 0 Å². The van der Waals surface area contributed by atoms with Crippen molar-refractivity contribution in [2.24, 2.45) is 5.92 Å². The molecule has 0 bridgehead atoms. The monoisotopic (exact) mass is 254 g/mol. The molecule has 0 atom stereocenters. The molecule has 0 N–H and O–H groups in total. The third-order valence-electron chi connectivity index (χ3n) is 4.34. The fourth-order valence-corrected chi connectivity index (χ4v) is 3.09. The fraction of sp³-hybridized carbons (Fsp3) is 0.929. The average Bonchev–Trinajstić information content (AvgIpc) is 2.40. The molecule has 1 aliphatic carbocycles. The molecule has 104 valence electrons. The summed E-state index contributed by atoms with van der Waals surface area (Å²) in [5.41, 5.74) is 0. The summed E-state index contributed by atoms with van der Waals surface area (Å²) < 4.78 is 5.04. The summed E-state index contributed by atoms with van der Waals surface area (Å²) in [6, 6.07) is 0.755. The molecule has 0 radical (unpaired) electrons. The van der Waals surface area contributed by atoms with Crippen LogP contribution in [0, 0.1) is 5.92 Å². The summed E-state index contributed by atoms with van der Waals surface area (Å²) in [6.45, 7) is 8.36. The highest BCUT2D eigenvalue weighted by Crippen LogP contribution is 2.27. The summed E-state index contributed by atoms with van der Waals surface area (Å²) in [5.74, 6) is 0.905. The van der Waals surface area contributed by atoms with Crippen molar-refractivity contribution in [2.75, 3.05) is 32.8 Å². The van der Waals surface area contributed by atoms with Gasteiger partial charge in [-0.05, 0) is 38.5 Å². The fourth-order valence-electron chi connectivity index (χ4n) is 3.09. The van der Waals surface area contributed by atoms with E-state index in [0.717, 1.165) is 38.1 Å². The van der Waals surface area contributed by atoms with Crippen molar-refractivity contribution in [1.82, 2.24) is 9.80 Å². The van der Waals surface area contributed by atoms with Crippen molar-refractivity contribution < 1.29 is 9.53 Å². The Hall–Kier alpha value is -0.770. The minimum absolute atomic E-state index is 0.144. The Labute approximate surface area is 110 Å². The number of rotatable bonds is 2. The first-order valence-corrected chi connectivity index (χ1v) is 7.36. The first-order valence-electron chi connectivity index (χ1n) is 7.36. The summed E-state index contributed by atoms with van der Waals surface area (Å²) in [4.78, 5) is 16.0. The molecule has 2 rings (SSSR count). The molecule has 18 heavy (non-hydrogen) atoms. The molecule has 0 aromatic heterocycles. The van der Waals surface area contributed by atoms with Crippen molar-refractivity contribution in [2.45, 2.75) is 45.6 Å². The molecule has 4 nitrogen and oxygen atoms in total. The Morgan fingerprint density at radius 1 is 1.11 bits per heavy atom. The molecule has 1 aliphatic heterocycles. The van der Waals surface area contributed by atoms with E-state index in [1.165, 1.54) is 25.7 Å². The smallest absolute Gasteiger partial charge is 0.409 e. The quantitative estimate of drug-likeness (QED) is 0.758. The Balaban J connectivity index is 1.74.